The Hall–Kier alpha value is -4.38. The van der Waals surface area contributed by atoms with Gasteiger partial charge in [0.15, 0.2) is 0 Å². The Bertz CT molecular complexity index is 1390. The topological polar surface area (TPSA) is 75.6 Å². The Morgan fingerprint density at radius 2 is 1.53 bits per heavy atom. The Kier molecular flexibility index (Phi) is 8.14. The summed E-state index contributed by atoms with van der Waals surface area (Å²) < 4.78 is 5.96. The minimum atomic E-state index is -1.08. The van der Waals surface area contributed by atoms with Crippen molar-refractivity contribution in [2.24, 2.45) is 0 Å². The summed E-state index contributed by atoms with van der Waals surface area (Å²) >= 11 is 0. The number of amides is 1. The van der Waals surface area contributed by atoms with Crippen LogP contribution in [0.2, 0.25) is 0 Å². The highest BCUT2D eigenvalue weighted by Crippen LogP contribution is 2.29. The molecule has 0 saturated carbocycles. The monoisotopic (exact) mass is 479 g/mol. The number of carbonyl (C=O) groups is 2. The fraction of sp³-hybridized carbons (Fsp3) is 0.161. The van der Waals surface area contributed by atoms with Gasteiger partial charge in [0.1, 0.15) is 12.4 Å². The van der Waals surface area contributed by atoms with E-state index in [4.69, 9.17) is 4.74 Å². The van der Waals surface area contributed by atoms with E-state index >= 15 is 0 Å². The number of fused-ring (bicyclic) bond motifs is 1. The van der Waals surface area contributed by atoms with Crippen molar-refractivity contribution in [2.75, 3.05) is 6.54 Å². The molecule has 0 heterocycles. The van der Waals surface area contributed by atoms with Crippen LogP contribution in [0, 0.1) is 6.92 Å². The maximum atomic E-state index is 12.7. The highest BCUT2D eigenvalue weighted by atomic mass is 16.5. The fourth-order valence-corrected chi connectivity index (χ4v) is 4.25. The Morgan fingerprint density at radius 1 is 0.833 bits per heavy atom. The molecule has 0 atom stereocenters. The maximum Gasteiger partial charge on any atom is 0.332 e. The van der Waals surface area contributed by atoms with Crippen LogP contribution in [0.15, 0.2) is 97.1 Å². The first kappa shape index (κ1) is 24.7. The van der Waals surface area contributed by atoms with Crippen LogP contribution in [-0.2, 0) is 33.8 Å². The lowest BCUT2D eigenvalue weighted by Gasteiger charge is -2.15. The number of nitrogens with one attached hydrogen (secondary N) is 1. The molecular formula is C31H29NO4. The number of hydrogen-bond acceptors (Lipinski definition) is 3. The summed E-state index contributed by atoms with van der Waals surface area (Å²) in [5.41, 5.74) is 4.93. The van der Waals surface area contributed by atoms with Crippen molar-refractivity contribution in [3.05, 3.63) is 125 Å². The van der Waals surface area contributed by atoms with Crippen molar-refractivity contribution in [3.63, 3.8) is 0 Å². The molecule has 1 amide bonds. The number of ether oxygens (including phenoxy) is 1. The van der Waals surface area contributed by atoms with E-state index in [0.717, 1.165) is 34.4 Å². The molecular weight excluding hydrogens is 450 g/mol. The van der Waals surface area contributed by atoms with E-state index in [9.17, 15) is 14.7 Å². The van der Waals surface area contributed by atoms with Crippen molar-refractivity contribution < 1.29 is 19.4 Å². The van der Waals surface area contributed by atoms with Gasteiger partial charge in [-0.25, -0.2) is 4.79 Å². The summed E-state index contributed by atoms with van der Waals surface area (Å²) in [6.45, 7) is 2.89. The van der Waals surface area contributed by atoms with Crippen molar-refractivity contribution >= 4 is 28.4 Å². The second-order valence-electron chi connectivity index (χ2n) is 8.64. The molecule has 182 valence electrons. The number of aryl methyl sites for hydroxylation is 1. The summed E-state index contributed by atoms with van der Waals surface area (Å²) in [5, 5.41) is 14.2. The lowest BCUT2D eigenvalue weighted by molar-refractivity contribution is -0.131. The first-order chi connectivity index (χ1) is 17.5. The molecule has 4 aromatic carbocycles. The van der Waals surface area contributed by atoms with Crippen molar-refractivity contribution in [3.8, 4) is 0 Å². The zero-order chi connectivity index (χ0) is 25.3. The lowest BCUT2D eigenvalue weighted by Crippen LogP contribution is -2.27. The number of hydrogen-bond donors (Lipinski definition) is 2. The third-order valence-corrected chi connectivity index (χ3v) is 6.10. The first-order valence-electron chi connectivity index (χ1n) is 11.9. The highest BCUT2D eigenvalue weighted by molar-refractivity contribution is 5.99. The van der Waals surface area contributed by atoms with Gasteiger partial charge < -0.3 is 15.2 Å². The van der Waals surface area contributed by atoms with Crippen molar-refractivity contribution in [1.29, 1.82) is 0 Å². The normalized spacial score (nSPS) is 11.3. The molecule has 4 aromatic rings. The quantitative estimate of drug-likeness (QED) is 0.226. The molecule has 36 heavy (non-hydrogen) atoms. The Morgan fingerprint density at radius 3 is 2.31 bits per heavy atom. The van der Waals surface area contributed by atoms with Crippen molar-refractivity contribution in [2.45, 2.75) is 26.4 Å². The smallest absolute Gasteiger partial charge is 0.332 e. The van der Waals surface area contributed by atoms with E-state index in [1.54, 1.807) is 0 Å². The van der Waals surface area contributed by atoms with E-state index in [1.165, 1.54) is 11.1 Å². The molecule has 0 aliphatic heterocycles. The molecule has 0 radical (unpaired) electrons. The third-order valence-electron chi connectivity index (χ3n) is 6.10. The Balaban J connectivity index is 1.52. The van der Waals surface area contributed by atoms with Gasteiger partial charge in [-0.3, -0.25) is 4.79 Å². The number of aliphatic carboxylic acids is 1. The molecule has 5 nitrogen and oxygen atoms in total. The number of carboxylic acids is 1. The average molecular weight is 480 g/mol. The van der Waals surface area contributed by atoms with Crippen LogP contribution in [0.25, 0.3) is 16.5 Å². The second kappa shape index (κ2) is 11.8. The molecule has 5 heteroatoms. The lowest BCUT2D eigenvalue weighted by atomic mass is 9.97. The summed E-state index contributed by atoms with van der Waals surface area (Å²) in [6, 6.07) is 29.2. The molecule has 0 saturated heterocycles. The van der Waals surface area contributed by atoms with Gasteiger partial charge in [0, 0.05) is 12.1 Å². The van der Waals surface area contributed by atoms with Gasteiger partial charge in [0.25, 0.3) is 0 Å². The third kappa shape index (κ3) is 6.39. The van der Waals surface area contributed by atoms with Crippen LogP contribution >= 0.6 is 0 Å². The van der Waals surface area contributed by atoms with E-state index in [2.05, 4.69) is 24.4 Å². The van der Waals surface area contributed by atoms with Crippen LogP contribution < -0.4 is 5.32 Å². The van der Waals surface area contributed by atoms with E-state index in [-0.39, 0.29) is 24.7 Å². The van der Waals surface area contributed by atoms with Gasteiger partial charge in [0.2, 0.25) is 5.91 Å². The zero-order valence-corrected chi connectivity index (χ0v) is 20.2. The van der Waals surface area contributed by atoms with Crippen LogP contribution in [0.1, 0.15) is 27.8 Å². The molecule has 2 N–H and O–H groups in total. The standard InChI is InChI=1S/C31H29NO4/c1-22-9-5-6-12-24(22)17-18-32-30(33)19-25-13-7-15-27-26(25)14-8-16-28(27)29(20-31(34)35)36-21-23-10-3-2-4-11-23/h2-16,20H,17-19,21H2,1H3,(H,32,33)(H,34,35)/b29-20-. The van der Waals surface area contributed by atoms with E-state index in [1.807, 2.05) is 78.9 Å². The Labute approximate surface area is 211 Å². The van der Waals surface area contributed by atoms with Crippen LogP contribution in [-0.4, -0.2) is 23.5 Å². The van der Waals surface area contributed by atoms with Gasteiger partial charge in [-0.2, -0.15) is 0 Å². The first-order valence-corrected chi connectivity index (χ1v) is 11.9. The maximum absolute atomic E-state index is 12.7. The van der Waals surface area contributed by atoms with Gasteiger partial charge in [-0.15, -0.1) is 0 Å². The van der Waals surface area contributed by atoms with Crippen molar-refractivity contribution in [1.82, 2.24) is 5.32 Å². The minimum Gasteiger partial charge on any atom is -0.488 e. The minimum absolute atomic E-state index is 0.0527. The predicted molar refractivity (Wildman–Crippen MR) is 142 cm³/mol. The molecule has 0 spiro atoms. The predicted octanol–water partition coefficient (Wildman–Crippen LogP) is 5.69. The van der Waals surface area contributed by atoms with Crippen LogP contribution in [0.5, 0.6) is 0 Å². The van der Waals surface area contributed by atoms with Gasteiger partial charge >= 0.3 is 5.97 Å². The SMILES string of the molecule is Cc1ccccc1CCNC(=O)Cc1cccc2c(/C(=C/C(=O)O)OCc3ccccc3)cccc12. The molecule has 4 rings (SSSR count). The van der Waals surface area contributed by atoms with E-state index in [0.29, 0.717) is 12.1 Å². The number of carboxylic acid groups (broad SMARTS) is 1. The average Bonchev–Trinajstić information content (AvgIpc) is 2.88. The zero-order valence-electron chi connectivity index (χ0n) is 20.2. The fourth-order valence-electron chi connectivity index (χ4n) is 4.25. The van der Waals surface area contributed by atoms with Crippen LogP contribution in [0.3, 0.4) is 0 Å². The molecule has 0 fully saturated rings. The molecule has 0 bridgehead atoms. The van der Waals surface area contributed by atoms with Gasteiger partial charge in [-0.05, 0) is 46.4 Å². The highest BCUT2D eigenvalue weighted by Gasteiger charge is 2.14. The van der Waals surface area contributed by atoms with Crippen LogP contribution in [0.4, 0.5) is 0 Å². The second-order valence-corrected chi connectivity index (χ2v) is 8.64. The molecule has 0 aliphatic carbocycles. The van der Waals surface area contributed by atoms with Gasteiger partial charge in [0.05, 0.1) is 12.5 Å². The number of benzene rings is 4. The number of carbonyl (C=O) groups excluding carboxylic acids is 1. The molecule has 0 aromatic heterocycles. The molecule has 0 unspecified atom stereocenters. The largest absolute Gasteiger partial charge is 0.488 e. The summed E-state index contributed by atoms with van der Waals surface area (Å²) in [7, 11) is 0. The van der Waals surface area contributed by atoms with Gasteiger partial charge in [-0.1, -0.05) is 91.0 Å². The molecule has 0 aliphatic rings. The summed E-state index contributed by atoms with van der Waals surface area (Å²) in [4.78, 5) is 24.3. The number of rotatable bonds is 10. The summed E-state index contributed by atoms with van der Waals surface area (Å²) in [6.07, 6.45) is 2.10. The van der Waals surface area contributed by atoms with E-state index < -0.39 is 5.97 Å². The summed E-state index contributed by atoms with van der Waals surface area (Å²) in [5.74, 6) is -0.862.